The molecule has 0 aliphatic carbocycles. The average Bonchev–Trinajstić information content (AvgIpc) is 3.19. The number of aryl methyl sites for hydroxylation is 1. The first-order valence-corrected chi connectivity index (χ1v) is 9.57. The lowest BCUT2D eigenvalue weighted by molar-refractivity contribution is -0.116. The average molecular weight is 402 g/mol. The number of hydrogen-bond donors (Lipinski definition) is 1. The molecule has 28 heavy (non-hydrogen) atoms. The summed E-state index contributed by atoms with van der Waals surface area (Å²) in [5.74, 6) is 0.386. The minimum Gasteiger partial charge on any atom is -0.493 e. The predicted octanol–water partition coefficient (Wildman–Crippen LogP) is 3.84. The van der Waals surface area contributed by atoms with E-state index in [1.165, 1.54) is 7.11 Å². The van der Waals surface area contributed by atoms with E-state index in [1.54, 1.807) is 54.2 Å². The summed E-state index contributed by atoms with van der Waals surface area (Å²) in [6.45, 7) is 4.00. The molecule has 1 amide bonds. The summed E-state index contributed by atoms with van der Waals surface area (Å²) in [4.78, 5) is 26.1. The normalized spacial score (nSPS) is 10.7. The van der Waals surface area contributed by atoms with E-state index >= 15 is 0 Å². The number of esters is 1. The molecule has 0 fully saturated rings. The minimum absolute atomic E-state index is 0.0117. The number of carbonyl (C=O) groups is 2. The van der Waals surface area contributed by atoms with Crippen molar-refractivity contribution in [1.82, 2.24) is 4.57 Å². The van der Waals surface area contributed by atoms with Crippen LogP contribution in [-0.2, 0) is 16.1 Å². The number of anilines is 1. The number of methoxy groups -OCH3 is 2. The Morgan fingerprint density at radius 1 is 1.11 bits per heavy atom. The molecule has 3 rings (SSSR count). The van der Waals surface area contributed by atoms with Gasteiger partial charge in [-0.2, -0.15) is 0 Å². The van der Waals surface area contributed by atoms with E-state index in [0.717, 1.165) is 15.1 Å². The van der Waals surface area contributed by atoms with E-state index < -0.39 is 5.97 Å². The van der Waals surface area contributed by atoms with Gasteiger partial charge in [-0.3, -0.25) is 4.79 Å². The van der Waals surface area contributed by atoms with Crippen molar-refractivity contribution < 1.29 is 23.8 Å². The second kappa shape index (κ2) is 8.35. The molecule has 1 aromatic carbocycles. The van der Waals surface area contributed by atoms with Crippen LogP contribution in [0.25, 0.3) is 10.2 Å². The van der Waals surface area contributed by atoms with Gasteiger partial charge in [-0.25, -0.2) is 4.79 Å². The lowest BCUT2D eigenvalue weighted by Crippen LogP contribution is -2.22. The second-order valence-corrected chi connectivity index (χ2v) is 7.35. The number of nitrogens with zero attached hydrogens (tertiary/aromatic N) is 1. The zero-order chi connectivity index (χ0) is 20.3. The van der Waals surface area contributed by atoms with Crippen LogP contribution in [0, 0.1) is 6.92 Å². The quantitative estimate of drug-likeness (QED) is 0.608. The maximum Gasteiger partial charge on any atom is 0.355 e. The maximum atomic E-state index is 12.7. The van der Waals surface area contributed by atoms with Crippen molar-refractivity contribution >= 4 is 39.1 Å². The van der Waals surface area contributed by atoms with Gasteiger partial charge in [0.05, 0.1) is 31.0 Å². The Bertz CT molecular complexity index is 1020. The van der Waals surface area contributed by atoms with Crippen LogP contribution in [0.3, 0.4) is 0 Å². The third-order valence-electron chi connectivity index (χ3n) is 4.17. The van der Waals surface area contributed by atoms with E-state index in [2.05, 4.69) is 5.32 Å². The summed E-state index contributed by atoms with van der Waals surface area (Å²) in [6, 6.07) is 8.87. The number of nitrogens with one attached hydrogen (secondary N) is 1. The number of benzene rings is 1. The van der Waals surface area contributed by atoms with Crippen LogP contribution in [0.15, 0.2) is 30.3 Å². The Kier molecular flexibility index (Phi) is 5.89. The summed E-state index contributed by atoms with van der Waals surface area (Å²) < 4.78 is 18.2. The van der Waals surface area contributed by atoms with Crippen molar-refractivity contribution in [2.75, 3.05) is 26.1 Å². The number of hydrogen-bond acceptors (Lipinski definition) is 6. The SMILES string of the molecule is CCOC(=O)c1cc2sc(C)cc2n1CC(=O)Nc1ccc(OC)c(OC)c1. The number of rotatable bonds is 7. The fourth-order valence-electron chi connectivity index (χ4n) is 2.97. The van der Waals surface area contributed by atoms with Gasteiger partial charge in [-0.1, -0.05) is 0 Å². The summed E-state index contributed by atoms with van der Waals surface area (Å²) in [5.41, 5.74) is 1.78. The van der Waals surface area contributed by atoms with Gasteiger partial charge in [0.25, 0.3) is 0 Å². The Morgan fingerprint density at radius 2 is 1.86 bits per heavy atom. The lowest BCUT2D eigenvalue weighted by atomic mass is 10.2. The van der Waals surface area contributed by atoms with Crippen LogP contribution in [0.1, 0.15) is 22.3 Å². The standard InChI is InChI=1S/C20H22N2O5S/c1-5-27-20(24)15-10-18-14(8-12(2)28-18)22(15)11-19(23)21-13-6-7-16(25-3)17(9-13)26-4/h6-10H,5,11H2,1-4H3,(H,21,23). The minimum atomic E-state index is -0.442. The van der Waals surface area contributed by atoms with Gasteiger partial charge in [0.2, 0.25) is 5.91 Å². The van der Waals surface area contributed by atoms with Crippen molar-refractivity contribution in [2.45, 2.75) is 20.4 Å². The van der Waals surface area contributed by atoms with Crippen LogP contribution >= 0.6 is 11.3 Å². The van der Waals surface area contributed by atoms with Crippen LogP contribution in [0.4, 0.5) is 5.69 Å². The highest BCUT2D eigenvalue weighted by Gasteiger charge is 2.20. The third kappa shape index (κ3) is 3.96. The fourth-order valence-corrected chi connectivity index (χ4v) is 3.93. The second-order valence-electron chi connectivity index (χ2n) is 6.06. The van der Waals surface area contributed by atoms with Gasteiger partial charge in [-0.15, -0.1) is 11.3 Å². The van der Waals surface area contributed by atoms with Crippen molar-refractivity contribution in [3.05, 3.63) is 40.9 Å². The van der Waals surface area contributed by atoms with Gasteiger partial charge < -0.3 is 24.1 Å². The predicted molar refractivity (Wildman–Crippen MR) is 109 cm³/mol. The molecular weight excluding hydrogens is 380 g/mol. The van der Waals surface area contributed by atoms with Crippen LogP contribution in [0.5, 0.6) is 11.5 Å². The molecule has 0 aliphatic heterocycles. The van der Waals surface area contributed by atoms with Crippen molar-refractivity contribution in [2.24, 2.45) is 0 Å². The van der Waals surface area contributed by atoms with Gasteiger partial charge in [0, 0.05) is 16.6 Å². The molecule has 3 aromatic rings. The van der Waals surface area contributed by atoms with Crippen LogP contribution < -0.4 is 14.8 Å². The molecule has 1 N–H and O–H groups in total. The molecule has 8 heteroatoms. The molecule has 0 saturated heterocycles. The van der Waals surface area contributed by atoms with E-state index in [1.807, 2.05) is 13.0 Å². The van der Waals surface area contributed by atoms with E-state index in [-0.39, 0.29) is 19.1 Å². The van der Waals surface area contributed by atoms with Crippen molar-refractivity contribution in [3.63, 3.8) is 0 Å². The maximum absolute atomic E-state index is 12.7. The lowest BCUT2D eigenvalue weighted by Gasteiger charge is -2.12. The number of thiophene rings is 1. The molecule has 0 unspecified atom stereocenters. The summed E-state index contributed by atoms with van der Waals surface area (Å²) in [7, 11) is 3.08. The number of fused-ring (bicyclic) bond motifs is 1. The monoisotopic (exact) mass is 402 g/mol. The van der Waals surface area contributed by atoms with Crippen LogP contribution in [-0.4, -0.2) is 37.3 Å². The highest BCUT2D eigenvalue weighted by atomic mass is 32.1. The van der Waals surface area contributed by atoms with Gasteiger partial charge in [0.1, 0.15) is 12.2 Å². The Balaban J connectivity index is 1.86. The van der Waals surface area contributed by atoms with Crippen molar-refractivity contribution in [3.8, 4) is 11.5 Å². The summed E-state index contributed by atoms with van der Waals surface area (Å²) in [6.07, 6.45) is 0. The number of amides is 1. The zero-order valence-corrected chi connectivity index (χ0v) is 17.0. The van der Waals surface area contributed by atoms with Crippen LogP contribution in [0.2, 0.25) is 0 Å². The summed E-state index contributed by atoms with van der Waals surface area (Å²) >= 11 is 1.57. The molecule has 0 saturated carbocycles. The molecule has 2 heterocycles. The molecular formula is C20H22N2O5S. The Morgan fingerprint density at radius 3 is 2.54 bits per heavy atom. The first kappa shape index (κ1) is 19.8. The first-order chi connectivity index (χ1) is 13.5. The van der Waals surface area contributed by atoms with Gasteiger partial charge in [0.15, 0.2) is 11.5 Å². The zero-order valence-electron chi connectivity index (χ0n) is 16.2. The molecule has 7 nitrogen and oxygen atoms in total. The third-order valence-corrected chi connectivity index (χ3v) is 5.15. The van der Waals surface area contributed by atoms with Crippen molar-refractivity contribution in [1.29, 1.82) is 0 Å². The van der Waals surface area contributed by atoms with Gasteiger partial charge in [-0.05, 0) is 38.1 Å². The Labute approximate surface area is 166 Å². The van der Waals surface area contributed by atoms with E-state index in [9.17, 15) is 9.59 Å². The molecule has 0 bridgehead atoms. The highest BCUT2D eigenvalue weighted by molar-refractivity contribution is 7.19. The van der Waals surface area contributed by atoms with E-state index in [0.29, 0.717) is 22.9 Å². The topological polar surface area (TPSA) is 78.8 Å². The smallest absolute Gasteiger partial charge is 0.355 e. The van der Waals surface area contributed by atoms with E-state index in [4.69, 9.17) is 14.2 Å². The molecule has 2 aromatic heterocycles. The van der Waals surface area contributed by atoms with Gasteiger partial charge >= 0.3 is 5.97 Å². The number of carbonyl (C=O) groups excluding carboxylic acids is 2. The molecule has 0 atom stereocenters. The fraction of sp³-hybridized carbons (Fsp3) is 0.300. The first-order valence-electron chi connectivity index (χ1n) is 8.75. The summed E-state index contributed by atoms with van der Waals surface area (Å²) in [5, 5.41) is 2.83. The molecule has 0 aliphatic rings. The molecule has 0 spiro atoms. The number of aromatic nitrogens is 1. The largest absolute Gasteiger partial charge is 0.493 e. The Hall–Kier alpha value is -3.00. The molecule has 148 valence electrons. The highest BCUT2D eigenvalue weighted by Crippen LogP contribution is 2.31. The molecule has 0 radical (unpaired) electrons. The number of ether oxygens (including phenoxy) is 3.